The summed E-state index contributed by atoms with van der Waals surface area (Å²) in [5.41, 5.74) is 0.443. The van der Waals surface area contributed by atoms with Gasteiger partial charge in [0.05, 0.1) is 6.26 Å². The van der Waals surface area contributed by atoms with Gasteiger partial charge >= 0.3 is 5.97 Å². The Balaban J connectivity index is 3.10. The van der Waals surface area contributed by atoms with Crippen molar-refractivity contribution in [2.24, 2.45) is 0 Å². The van der Waals surface area contributed by atoms with Gasteiger partial charge in [0.2, 0.25) is 0 Å². The third-order valence-electron chi connectivity index (χ3n) is 5.84. The molecule has 0 aliphatic carbocycles. The smallest absolute Gasteiger partial charge is 0.337 e. The highest BCUT2D eigenvalue weighted by Gasteiger charge is 1.99. The molecule has 0 heterocycles. The first kappa shape index (κ1) is 28.9. The van der Waals surface area contributed by atoms with Crippen LogP contribution in [0.3, 0.4) is 0 Å². The Kier molecular flexibility index (Phi) is 23.4. The molecule has 30 heavy (non-hydrogen) atoms. The molecule has 0 aliphatic rings. The summed E-state index contributed by atoms with van der Waals surface area (Å²) in [7, 11) is 0. The number of hydrogen-bond acceptors (Lipinski definition) is 2. The SMILES string of the molecule is C=C(C)C(=O)OC=CCCCCCCCCCCCCCCCCCCCCCC. The summed E-state index contributed by atoms with van der Waals surface area (Å²) < 4.78 is 4.93. The second-order valence-corrected chi connectivity index (χ2v) is 9.06. The maximum Gasteiger partial charge on any atom is 0.337 e. The van der Waals surface area contributed by atoms with E-state index >= 15 is 0 Å². The molecule has 0 rings (SSSR count). The van der Waals surface area contributed by atoms with Gasteiger partial charge < -0.3 is 4.74 Å². The van der Waals surface area contributed by atoms with Gasteiger partial charge in [0.15, 0.2) is 0 Å². The molecule has 0 amide bonds. The van der Waals surface area contributed by atoms with Crippen molar-refractivity contribution in [2.75, 3.05) is 0 Å². The molecule has 0 aromatic rings. The van der Waals surface area contributed by atoms with Crippen LogP contribution >= 0.6 is 0 Å². The third-order valence-corrected chi connectivity index (χ3v) is 5.84. The first-order valence-corrected chi connectivity index (χ1v) is 13.2. The summed E-state index contributed by atoms with van der Waals surface area (Å²) in [4.78, 5) is 11.2. The van der Waals surface area contributed by atoms with Gasteiger partial charge in [-0.1, -0.05) is 135 Å². The fourth-order valence-corrected chi connectivity index (χ4v) is 3.80. The van der Waals surface area contributed by atoms with Gasteiger partial charge in [0.1, 0.15) is 0 Å². The van der Waals surface area contributed by atoms with Crippen molar-refractivity contribution in [1.82, 2.24) is 0 Å². The van der Waals surface area contributed by atoms with E-state index < -0.39 is 0 Å². The van der Waals surface area contributed by atoms with E-state index in [2.05, 4.69) is 13.5 Å². The predicted molar refractivity (Wildman–Crippen MR) is 133 cm³/mol. The summed E-state index contributed by atoms with van der Waals surface area (Å²) in [5, 5.41) is 0. The molecule has 0 N–H and O–H groups in total. The maximum absolute atomic E-state index is 11.2. The topological polar surface area (TPSA) is 26.3 Å². The van der Waals surface area contributed by atoms with Crippen LogP contribution < -0.4 is 0 Å². The van der Waals surface area contributed by atoms with E-state index in [1.807, 2.05) is 6.08 Å². The van der Waals surface area contributed by atoms with Crippen LogP contribution in [0.2, 0.25) is 0 Å². The third kappa shape index (κ3) is 23.2. The fourth-order valence-electron chi connectivity index (χ4n) is 3.80. The van der Waals surface area contributed by atoms with E-state index in [1.165, 1.54) is 135 Å². The maximum atomic E-state index is 11.2. The van der Waals surface area contributed by atoms with Gasteiger partial charge in [-0.3, -0.25) is 0 Å². The van der Waals surface area contributed by atoms with Crippen molar-refractivity contribution < 1.29 is 9.53 Å². The van der Waals surface area contributed by atoms with Crippen molar-refractivity contribution in [3.8, 4) is 0 Å². The molecule has 0 atom stereocenters. The molecule has 2 heteroatoms. The van der Waals surface area contributed by atoms with E-state index in [1.54, 1.807) is 6.92 Å². The van der Waals surface area contributed by atoms with Crippen LogP contribution in [0.5, 0.6) is 0 Å². The summed E-state index contributed by atoms with van der Waals surface area (Å²) in [6.45, 7) is 7.51. The molecule has 0 saturated heterocycles. The van der Waals surface area contributed by atoms with Crippen LogP contribution in [0, 0.1) is 0 Å². The van der Waals surface area contributed by atoms with Crippen LogP contribution in [0.25, 0.3) is 0 Å². The zero-order chi connectivity index (χ0) is 22.1. The van der Waals surface area contributed by atoms with Gasteiger partial charge in [-0.05, 0) is 25.8 Å². The summed E-state index contributed by atoms with van der Waals surface area (Å²) in [6.07, 6.45) is 32.6. The van der Waals surface area contributed by atoms with Crippen LogP contribution in [0.1, 0.15) is 149 Å². The number of esters is 1. The van der Waals surface area contributed by atoms with Crippen molar-refractivity contribution >= 4 is 5.97 Å². The minimum absolute atomic E-state index is 0.338. The molecular formula is C28H52O2. The molecule has 2 nitrogen and oxygen atoms in total. The zero-order valence-electron chi connectivity index (χ0n) is 20.5. The molecule has 0 aromatic heterocycles. The molecule has 0 unspecified atom stereocenters. The Hall–Kier alpha value is -1.05. The lowest BCUT2D eigenvalue weighted by Gasteiger charge is -2.04. The number of rotatable bonds is 23. The second kappa shape index (κ2) is 24.2. The zero-order valence-corrected chi connectivity index (χ0v) is 20.5. The lowest BCUT2D eigenvalue weighted by Crippen LogP contribution is -1.98. The average molecular weight is 421 g/mol. The van der Waals surface area contributed by atoms with E-state index in [0.717, 1.165) is 6.42 Å². The molecule has 0 aromatic carbocycles. The Morgan fingerprint density at radius 1 is 0.633 bits per heavy atom. The molecule has 0 spiro atoms. The number of allylic oxidation sites excluding steroid dienone is 1. The van der Waals surface area contributed by atoms with Crippen molar-refractivity contribution in [3.63, 3.8) is 0 Å². The van der Waals surface area contributed by atoms with Gasteiger partial charge in [-0.25, -0.2) is 4.79 Å². The van der Waals surface area contributed by atoms with E-state index in [9.17, 15) is 4.79 Å². The number of ether oxygens (including phenoxy) is 1. The highest BCUT2D eigenvalue weighted by Crippen LogP contribution is 2.15. The average Bonchev–Trinajstić information content (AvgIpc) is 2.74. The Morgan fingerprint density at radius 3 is 1.30 bits per heavy atom. The standard InChI is InChI=1S/C28H52O2/c1-4-5-6-7-8-9-10-11-12-13-14-15-16-17-18-19-20-21-22-23-24-25-26-30-28(29)27(2)3/h25-26H,2,4-24H2,1,3H3. The fraction of sp³-hybridized carbons (Fsp3) is 0.821. The van der Waals surface area contributed by atoms with Crippen molar-refractivity contribution in [2.45, 2.75) is 149 Å². The van der Waals surface area contributed by atoms with E-state index in [-0.39, 0.29) is 5.97 Å². The number of carbonyl (C=O) groups is 1. The van der Waals surface area contributed by atoms with E-state index in [0.29, 0.717) is 5.57 Å². The normalized spacial score (nSPS) is 11.3. The Labute approximate surface area is 188 Å². The molecular weight excluding hydrogens is 368 g/mol. The largest absolute Gasteiger partial charge is 0.431 e. The molecule has 0 bridgehead atoms. The minimum Gasteiger partial charge on any atom is -0.431 e. The summed E-state index contributed by atoms with van der Waals surface area (Å²) in [5.74, 6) is -0.338. The highest BCUT2D eigenvalue weighted by atomic mass is 16.5. The van der Waals surface area contributed by atoms with E-state index in [4.69, 9.17) is 4.74 Å². The lowest BCUT2D eigenvalue weighted by atomic mass is 10.0. The van der Waals surface area contributed by atoms with Gasteiger partial charge in [-0.2, -0.15) is 0 Å². The molecule has 0 aliphatic heterocycles. The van der Waals surface area contributed by atoms with Gasteiger partial charge in [-0.15, -0.1) is 0 Å². The van der Waals surface area contributed by atoms with Gasteiger partial charge in [0.25, 0.3) is 0 Å². The molecule has 0 fully saturated rings. The monoisotopic (exact) mass is 420 g/mol. The van der Waals surface area contributed by atoms with Crippen molar-refractivity contribution in [1.29, 1.82) is 0 Å². The lowest BCUT2D eigenvalue weighted by molar-refractivity contribution is -0.133. The van der Waals surface area contributed by atoms with Crippen LogP contribution in [-0.4, -0.2) is 5.97 Å². The molecule has 0 radical (unpaired) electrons. The molecule has 0 saturated carbocycles. The summed E-state index contributed by atoms with van der Waals surface area (Å²) in [6, 6.07) is 0. The number of unbranched alkanes of at least 4 members (excludes halogenated alkanes) is 20. The number of hydrogen-bond donors (Lipinski definition) is 0. The van der Waals surface area contributed by atoms with Crippen molar-refractivity contribution in [3.05, 3.63) is 24.5 Å². The minimum atomic E-state index is -0.338. The summed E-state index contributed by atoms with van der Waals surface area (Å²) >= 11 is 0. The first-order valence-electron chi connectivity index (χ1n) is 13.2. The second-order valence-electron chi connectivity index (χ2n) is 9.06. The molecule has 176 valence electrons. The Bertz CT molecular complexity index is 411. The van der Waals surface area contributed by atoms with Crippen LogP contribution in [0.15, 0.2) is 24.5 Å². The predicted octanol–water partition coefficient (Wildman–Crippen LogP) is 9.83. The van der Waals surface area contributed by atoms with Gasteiger partial charge in [0, 0.05) is 5.57 Å². The van der Waals surface area contributed by atoms with Crippen LogP contribution in [0.4, 0.5) is 0 Å². The Morgan fingerprint density at radius 2 is 0.967 bits per heavy atom. The van der Waals surface area contributed by atoms with Crippen LogP contribution in [-0.2, 0) is 9.53 Å². The number of carbonyl (C=O) groups excluding carboxylic acids is 1. The quantitative estimate of drug-likeness (QED) is 0.0711. The highest BCUT2D eigenvalue weighted by molar-refractivity contribution is 5.87. The first-order chi connectivity index (χ1) is 14.7.